The van der Waals surface area contributed by atoms with Crippen LogP contribution in [0.15, 0.2) is 54.6 Å². The lowest BCUT2D eigenvalue weighted by Crippen LogP contribution is -2.50. The Balaban J connectivity index is 2.19. The molecule has 0 aliphatic rings. The van der Waals surface area contributed by atoms with Crippen molar-refractivity contribution in [2.45, 2.75) is 77.4 Å². The third-order valence-electron chi connectivity index (χ3n) is 5.37. The lowest BCUT2D eigenvalue weighted by atomic mass is 10.0. The number of hydrogen-bond acceptors (Lipinski definition) is 7. The second-order valence-corrected chi connectivity index (χ2v) is 9.79. The average Bonchev–Trinajstić information content (AvgIpc) is 2.82. The number of alkyl carbamates (subject to hydrolysis) is 1. The number of rotatable bonds is 13. The summed E-state index contributed by atoms with van der Waals surface area (Å²) in [5.41, 5.74) is 1.28. The molecule has 0 saturated carbocycles. The first kappa shape index (κ1) is 29.1. The van der Waals surface area contributed by atoms with E-state index in [4.69, 9.17) is 19.6 Å². The molecule has 8 heteroatoms. The van der Waals surface area contributed by atoms with Gasteiger partial charge in [0.2, 0.25) is 0 Å². The van der Waals surface area contributed by atoms with Gasteiger partial charge in [0.15, 0.2) is 0 Å². The van der Waals surface area contributed by atoms with Crippen molar-refractivity contribution in [3.63, 3.8) is 0 Å². The zero-order chi connectivity index (χ0) is 26.6. The number of hydrogen-bond donors (Lipinski definition) is 2. The van der Waals surface area contributed by atoms with Crippen LogP contribution < -0.4 is 10.1 Å². The van der Waals surface area contributed by atoms with Crippen LogP contribution in [0.2, 0.25) is 0 Å². The van der Waals surface area contributed by atoms with Crippen LogP contribution in [-0.2, 0) is 22.5 Å². The molecule has 0 heterocycles. The highest BCUT2D eigenvalue weighted by Gasteiger charge is 2.27. The van der Waals surface area contributed by atoms with Crippen molar-refractivity contribution >= 4 is 6.09 Å². The molecule has 0 aromatic heterocycles. The van der Waals surface area contributed by atoms with Crippen molar-refractivity contribution < 1.29 is 24.2 Å². The SMILES string of the molecule is COc1ccc(CN(CC(O)C(Cc2ccccc2)NC(=O)OC(C)(C)C)OC(C)CCC#N)cc1. The molecule has 0 fully saturated rings. The van der Waals surface area contributed by atoms with E-state index in [1.807, 2.05) is 61.5 Å². The molecule has 0 aliphatic carbocycles. The lowest BCUT2D eigenvalue weighted by Gasteiger charge is -2.32. The molecular weight excluding hydrogens is 458 g/mol. The van der Waals surface area contributed by atoms with Crippen molar-refractivity contribution in [2.75, 3.05) is 13.7 Å². The minimum absolute atomic E-state index is 0.135. The molecule has 36 heavy (non-hydrogen) atoms. The topological polar surface area (TPSA) is 104 Å². The Morgan fingerprint density at radius 1 is 1.11 bits per heavy atom. The fraction of sp³-hybridized carbons (Fsp3) is 0.500. The molecule has 3 unspecified atom stereocenters. The summed E-state index contributed by atoms with van der Waals surface area (Å²) < 4.78 is 10.7. The molecule has 8 nitrogen and oxygen atoms in total. The maximum Gasteiger partial charge on any atom is 0.407 e. The minimum atomic E-state index is -0.959. The van der Waals surface area contributed by atoms with Gasteiger partial charge in [-0.2, -0.15) is 10.3 Å². The van der Waals surface area contributed by atoms with Crippen molar-refractivity contribution in [3.8, 4) is 11.8 Å². The van der Waals surface area contributed by atoms with Crippen LogP contribution in [0.1, 0.15) is 51.7 Å². The summed E-state index contributed by atoms with van der Waals surface area (Å²) in [6, 6.07) is 18.8. The van der Waals surface area contributed by atoms with E-state index in [0.717, 1.165) is 16.9 Å². The largest absolute Gasteiger partial charge is 0.497 e. The van der Waals surface area contributed by atoms with Crippen LogP contribution in [0, 0.1) is 11.3 Å². The van der Waals surface area contributed by atoms with E-state index in [9.17, 15) is 9.90 Å². The van der Waals surface area contributed by atoms with Gasteiger partial charge in [0.25, 0.3) is 0 Å². The van der Waals surface area contributed by atoms with Crippen LogP contribution >= 0.6 is 0 Å². The fourth-order valence-corrected chi connectivity index (χ4v) is 3.60. The standard InChI is InChI=1S/C28H39N3O5/c1-21(10-9-17-29)36-31(19-23-13-15-24(34-5)16-14-23)20-26(32)25(18-22-11-7-6-8-12-22)30-27(33)35-28(2,3)4/h6-8,11-16,21,25-26,32H,9-10,18-20H2,1-5H3,(H,30,33). The fourth-order valence-electron chi connectivity index (χ4n) is 3.60. The average molecular weight is 498 g/mol. The van der Waals surface area contributed by atoms with E-state index in [1.165, 1.54) is 0 Å². The highest BCUT2D eigenvalue weighted by molar-refractivity contribution is 5.68. The van der Waals surface area contributed by atoms with E-state index in [1.54, 1.807) is 32.9 Å². The number of aliphatic hydroxyl groups excluding tert-OH is 1. The first-order chi connectivity index (χ1) is 17.1. The summed E-state index contributed by atoms with van der Waals surface area (Å²) >= 11 is 0. The van der Waals surface area contributed by atoms with Gasteiger partial charge in [-0.1, -0.05) is 42.5 Å². The second kappa shape index (κ2) is 14.4. The van der Waals surface area contributed by atoms with Crippen molar-refractivity contribution in [2.24, 2.45) is 0 Å². The number of ether oxygens (including phenoxy) is 2. The van der Waals surface area contributed by atoms with Crippen LogP contribution in [0.25, 0.3) is 0 Å². The minimum Gasteiger partial charge on any atom is -0.497 e. The number of nitrogens with one attached hydrogen (secondary N) is 1. The molecule has 0 saturated heterocycles. The third-order valence-corrected chi connectivity index (χ3v) is 5.37. The summed E-state index contributed by atoms with van der Waals surface area (Å²) in [4.78, 5) is 18.7. The van der Waals surface area contributed by atoms with Crippen LogP contribution in [0.3, 0.4) is 0 Å². The van der Waals surface area contributed by atoms with E-state index < -0.39 is 23.8 Å². The van der Waals surface area contributed by atoms with Crippen molar-refractivity contribution in [3.05, 3.63) is 65.7 Å². The molecule has 196 valence electrons. The molecule has 0 radical (unpaired) electrons. The molecule has 0 spiro atoms. The van der Waals surface area contributed by atoms with Gasteiger partial charge < -0.3 is 19.9 Å². The highest BCUT2D eigenvalue weighted by Crippen LogP contribution is 2.17. The number of methoxy groups -OCH3 is 1. The van der Waals surface area contributed by atoms with Gasteiger partial charge in [-0.25, -0.2) is 4.79 Å². The molecule has 2 aromatic rings. The van der Waals surface area contributed by atoms with Gasteiger partial charge in [0.1, 0.15) is 11.4 Å². The summed E-state index contributed by atoms with van der Waals surface area (Å²) in [5.74, 6) is 0.748. The quantitative estimate of drug-likeness (QED) is 0.389. The Bertz CT molecular complexity index is 954. The van der Waals surface area contributed by atoms with Crippen molar-refractivity contribution in [1.82, 2.24) is 10.4 Å². The Morgan fingerprint density at radius 3 is 2.36 bits per heavy atom. The monoisotopic (exact) mass is 497 g/mol. The summed E-state index contributed by atoms with van der Waals surface area (Å²) in [5, 5.41) is 24.7. The summed E-state index contributed by atoms with van der Waals surface area (Å²) in [6.45, 7) is 7.82. The Kier molecular flexibility index (Phi) is 11.7. The van der Waals surface area contributed by atoms with Crippen molar-refractivity contribution in [1.29, 1.82) is 5.26 Å². The van der Waals surface area contributed by atoms with E-state index in [-0.39, 0.29) is 12.6 Å². The number of carbonyl (C=O) groups excluding carboxylic acids is 1. The maximum atomic E-state index is 12.6. The van der Waals surface area contributed by atoms with Gasteiger partial charge in [-0.15, -0.1) is 0 Å². The summed E-state index contributed by atoms with van der Waals surface area (Å²) in [6.07, 6.45) is -0.415. The molecule has 1 amide bonds. The van der Waals surface area contributed by atoms with Crippen LogP contribution in [-0.4, -0.2) is 53.8 Å². The zero-order valence-corrected chi connectivity index (χ0v) is 21.9. The van der Waals surface area contributed by atoms with Gasteiger partial charge in [0, 0.05) is 13.0 Å². The highest BCUT2D eigenvalue weighted by atomic mass is 16.7. The van der Waals surface area contributed by atoms with Gasteiger partial charge >= 0.3 is 6.09 Å². The van der Waals surface area contributed by atoms with E-state index in [0.29, 0.717) is 25.8 Å². The Morgan fingerprint density at radius 2 is 1.78 bits per heavy atom. The van der Waals surface area contributed by atoms with Crippen LogP contribution in [0.4, 0.5) is 4.79 Å². The predicted octanol–water partition coefficient (Wildman–Crippen LogP) is 4.62. The van der Waals surface area contributed by atoms with E-state index >= 15 is 0 Å². The molecule has 0 bridgehead atoms. The number of aliphatic hydroxyl groups is 1. The van der Waals surface area contributed by atoms with Gasteiger partial charge in [-0.3, -0.25) is 4.84 Å². The number of amides is 1. The first-order valence-corrected chi connectivity index (χ1v) is 12.2. The van der Waals surface area contributed by atoms with Crippen LogP contribution in [0.5, 0.6) is 5.75 Å². The molecule has 2 N–H and O–H groups in total. The Hall–Kier alpha value is -3.12. The molecule has 2 rings (SSSR count). The second-order valence-electron chi connectivity index (χ2n) is 9.79. The molecule has 0 aliphatic heterocycles. The number of benzene rings is 2. The predicted molar refractivity (Wildman–Crippen MR) is 138 cm³/mol. The zero-order valence-electron chi connectivity index (χ0n) is 21.9. The normalized spacial score (nSPS) is 13.9. The number of nitrogens with zero attached hydrogens (tertiary/aromatic N) is 2. The third kappa shape index (κ3) is 11.1. The smallest absolute Gasteiger partial charge is 0.407 e. The molecular formula is C28H39N3O5. The maximum absolute atomic E-state index is 12.6. The number of hydroxylamine groups is 2. The van der Waals surface area contributed by atoms with Gasteiger partial charge in [0.05, 0.1) is 38.0 Å². The molecule has 2 aromatic carbocycles. The number of carbonyl (C=O) groups is 1. The lowest BCUT2D eigenvalue weighted by molar-refractivity contribution is -0.213. The number of nitriles is 1. The summed E-state index contributed by atoms with van der Waals surface area (Å²) in [7, 11) is 1.61. The first-order valence-electron chi connectivity index (χ1n) is 12.2. The Labute approximate surface area is 214 Å². The molecule has 3 atom stereocenters. The van der Waals surface area contributed by atoms with E-state index in [2.05, 4.69) is 11.4 Å². The van der Waals surface area contributed by atoms with Gasteiger partial charge in [-0.05, 0) is 63.8 Å².